The Labute approximate surface area is 147 Å². The minimum atomic E-state index is -0.510. The van der Waals surface area contributed by atoms with E-state index in [1.165, 1.54) is 19.2 Å². The molecule has 7 nitrogen and oxygen atoms in total. The van der Waals surface area contributed by atoms with Gasteiger partial charge in [-0.1, -0.05) is 18.2 Å². The number of aryl methyl sites for hydroxylation is 1. The van der Waals surface area contributed by atoms with Crippen LogP contribution in [0.5, 0.6) is 0 Å². The van der Waals surface area contributed by atoms with Crippen molar-refractivity contribution in [1.82, 2.24) is 15.4 Å². The number of aromatic nitrogens is 1. The molecule has 2 aromatic heterocycles. The number of fused-ring (bicyclic) bond motifs is 1. The molecule has 2 N–H and O–H groups in total. The van der Waals surface area contributed by atoms with Crippen LogP contribution < -0.4 is 10.9 Å². The molecule has 0 radical (unpaired) electrons. The van der Waals surface area contributed by atoms with Crippen LogP contribution in [-0.4, -0.2) is 29.5 Å². The minimum Gasteiger partial charge on any atom is -0.465 e. The summed E-state index contributed by atoms with van der Waals surface area (Å²) in [5.41, 5.74) is 6.12. The lowest BCUT2D eigenvalue weighted by atomic mass is 10.2. The molecule has 0 saturated carbocycles. The van der Waals surface area contributed by atoms with Crippen LogP contribution >= 0.6 is 11.3 Å². The van der Waals surface area contributed by atoms with Crippen LogP contribution in [0.1, 0.15) is 29.7 Å². The van der Waals surface area contributed by atoms with Crippen molar-refractivity contribution < 1.29 is 19.1 Å². The molecule has 128 valence electrons. The average Bonchev–Trinajstić information content (AvgIpc) is 3.24. The highest BCUT2D eigenvalue weighted by molar-refractivity contribution is 7.15. The molecular formula is C17H15N3O4S. The second-order valence-electron chi connectivity index (χ2n) is 5.23. The van der Waals surface area contributed by atoms with Gasteiger partial charge < -0.3 is 9.30 Å². The molecule has 8 heteroatoms. The van der Waals surface area contributed by atoms with E-state index in [1.807, 2.05) is 35.9 Å². The number of hydrogen-bond acceptors (Lipinski definition) is 5. The molecule has 0 unspecified atom stereocenters. The number of hydrogen-bond donors (Lipinski definition) is 2. The van der Waals surface area contributed by atoms with E-state index in [-0.39, 0.29) is 0 Å². The average molecular weight is 357 g/mol. The Bertz CT molecular complexity index is 973. The number of rotatable bonds is 3. The molecule has 25 heavy (non-hydrogen) atoms. The van der Waals surface area contributed by atoms with Crippen LogP contribution in [0.2, 0.25) is 0 Å². The first kappa shape index (κ1) is 16.7. The van der Waals surface area contributed by atoms with Gasteiger partial charge in [-0.25, -0.2) is 4.79 Å². The summed E-state index contributed by atoms with van der Waals surface area (Å²) >= 11 is 0.986. The number of benzene rings is 1. The van der Waals surface area contributed by atoms with Crippen molar-refractivity contribution in [2.24, 2.45) is 7.05 Å². The number of para-hydroxylation sites is 1. The SMILES string of the molecule is COC(=O)c1ccc(C(=O)NNC(=O)c2cn(C)c3ccccc23)s1. The largest absolute Gasteiger partial charge is 0.465 e. The number of carbonyl (C=O) groups excluding carboxylic acids is 3. The Morgan fingerprint density at radius 3 is 2.44 bits per heavy atom. The van der Waals surface area contributed by atoms with E-state index >= 15 is 0 Å². The quantitative estimate of drug-likeness (QED) is 0.555. The molecule has 0 aliphatic carbocycles. The topological polar surface area (TPSA) is 89.4 Å². The van der Waals surface area contributed by atoms with Gasteiger partial charge in [-0.2, -0.15) is 0 Å². The minimum absolute atomic E-state index is 0.290. The molecule has 0 spiro atoms. The van der Waals surface area contributed by atoms with Gasteiger partial charge in [0.05, 0.1) is 17.6 Å². The second-order valence-corrected chi connectivity index (χ2v) is 6.32. The predicted molar refractivity (Wildman–Crippen MR) is 93.5 cm³/mol. The van der Waals surface area contributed by atoms with Gasteiger partial charge in [0.25, 0.3) is 11.8 Å². The summed E-state index contributed by atoms with van der Waals surface area (Å²) < 4.78 is 6.44. The second kappa shape index (κ2) is 6.78. The number of hydrazine groups is 1. The van der Waals surface area contributed by atoms with E-state index in [4.69, 9.17) is 0 Å². The molecule has 2 amide bonds. The Morgan fingerprint density at radius 2 is 1.68 bits per heavy atom. The van der Waals surface area contributed by atoms with Crippen molar-refractivity contribution in [2.45, 2.75) is 0 Å². The van der Waals surface area contributed by atoms with Gasteiger partial charge in [0.15, 0.2) is 0 Å². The highest BCUT2D eigenvalue weighted by Crippen LogP contribution is 2.20. The molecule has 3 aromatic rings. The van der Waals surface area contributed by atoms with E-state index in [0.717, 1.165) is 22.2 Å². The maximum absolute atomic E-state index is 12.4. The van der Waals surface area contributed by atoms with Crippen molar-refractivity contribution in [3.05, 3.63) is 57.9 Å². The van der Waals surface area contributed by atoms with Crippen LogP contribution in [0.15, 0.2) is 42.6 Å². The lowest BCUT2D eigenvalue weighted by Crippen LogP contribution is -2.41. The van der Waals surface area contributed by atoms with Crippen molar-refractivity contribution in [1.29, 1.82) is 0 Å². The number of ether oxygens (including phenoxy) is 1. The Hall–Kier alpha value is -3.13. The highest BCUT2D eigenvalue weighted by atomic mass is 32.1. The number of thiophene rings is 1. The van der Waals surface area contributed by atoms with E-state index in [9.17, 15) is 14.4 Å². The third kappa shape index (κ3) is 3.24. The fourth-order valence-corrected chi connectivity index (χ4v) is 3.25. The van der Waals surface area contributed by atoms with Crippen molar-refractivity contribution >= 4 is 40.0 Å². The Morgan fingerprint density at radius 1 is 1.00 bits per heavy atom. The molecule has 3 rings (SSSR count). The molecule has 0 saturated heterocycles. The number of nitrogens with one attached hydrogen (secondary N) is 2. The van der Waals surface area contributed by atoms with Crippen molar-refractivity contribution in [3.63, 3.8) is 0 Å². The molecule has 0 fully saturated rings. The third-order valence-corrected chi connectivity index (χ3v) is 4.71. The summed E-state index contributed by atoms with van der Waals surface area (Å²) in [7, 11) is 3.11. The first-order chi connectivity index (χ1) is 12.0. The summed E-state index contributed by atoms with van der Waals surface area (Å²) in [4.78, 5) is 36.5. The smallest absolute Gasteiger partial charge is 0.348 e. The van der Waals surface area contributed by atoms with Crippen LogP contribution in [0.3, 0.4) is 0 Å². The molecule has 2 heterocycles. The Kier molecular flexibility index (Phi) is 4.53. The molecular weight excluding hydrogens is 342 g/mol. The Balaban J connectivity index is 1.70. The molecule has 1 aromatic carbocycles. The van der Waals surface area contributed by atoms with Gasteiger partial charge in [0, 0.05) is 24.1 Å². The van der Waals surface area contributed by atoms with Crippen molar-refractivity contribution in [3.8, 4) is 0 Å². The van der Waals surface area contributed by atoms with Gasteiger partial charge in [-0.15, -0.1) is 11.3 Å². The summed E-state index contributed by atoms with van der Waals surface area (Å²) in [5, 5.41) is 0.792. The zero-order valence-electron chi connectivity index (χ0n) is 13.5. The maximum atomic E-state index is 12.4. The number of methoxy groups -OCH3 is 1. The number of carbonyl (C=O) groups is 3. The van der Waals surface area contributed by atoms with Gasteiger partial charge in [0.1, 0.15) is 4.88 Å². The fraction of sp³-hybridized carbons (Fsp3) is 0.118. The molecule has 0 bridgehead atoms. The van der Waals surface area contributed by atoms with Crippen molar-refractivity contribution in [2.75, 3.05) is 7.11 Å². The summed E-state index contributed by atoms with van der Waals surface area (Å²) in [6.07, 6.45) is 1.70. The summed E-state index contributed by atoms with van der Waals surface area (Å²) in [6.45, 7) is 0. The lowest BCUT2D eigenvalue weighted by molar-refractivity contribution is 0.0606. The van der Waals surface area contributed by atoms with E-state index in [1.54, 1.807) is 6.20 Å². The monoisotopic (exact) mass is 357 g/mol. The fourth-order valence-electron chi connectivity index (χ4n) is 2.44. The molecule has 0 aliphatic rings. The first-order valence-corrected chi connectivity index (χ1v) is 8.16. The number of nitrogens with zero attached hydrogens (tertiary/aromatic N) is 1. The number of amides is 2. The standard InChI is InChI=1S/C17H15N3O4S/c1-20-9-11(10-5-3-4-6-12(10)20)15(21)18-19-16(22)13-7-8-14(25-13)17(23)24-2/h3-9H,1-2H3,(H,18,21)(H,19,22). The zero-order valence-corrected chi connectivity index (χ0v) is 14.3. The van der Waals surface area contributed by atoms with Gasteiger partial charge in [0.2, 0.25) is 0 Å². The first-order valence-electron chi connectivity index (χ1n) is 7.34. The van der Waals surface area contributed by atoms with Gasteiger partial charge in [-0.3, -0.25) is 20.4 Å². The summed E-state index contributed by atoms with van der Waals surface area (Å²) in [5.74, 6) is -1.44. The maximum Gasteiger partial charge on any atom is 0.348 e. The third-order valence-electron chi connectivity index (χ3n) is 3.65. The lowest BCUT2D eigenvalue weighted by Gasteiger charge is -2.05. The number of esters is 1. The van der Waals surface area contributed by atoms with Gasteiger partial charge in [-0.05, 0) is 18.2 Å². The summed E-state index contributed by atoms with van der Waals surface area (Å²) in [6, 6.07) is 10.5. The normalized spacial score (nSPS) is 10.5. The molecule has 0 atom stereocenters. The van der Waals surface area contributed by atoms with E-state index < -0.39 is 17.8 Å². The predicted octanol–water partition coefficient (Wildman–Crippen LogP) is 2.10. The van der Waals surface area contributed by atoms with Gasteiger partial charge >= 0.3 is 5.97 Å². The van der Waals surface area contributed by atoms with Crippen LogP contribution in [-0.2, 0) is 11.8 Å². The zero-order chi connectivity index (χ0) is 18.0. The van der Waals surface area contributed by atoms with Crippen LogP contribution in [0, 0.1) is 0 Å². The highest BCUT2D eigenvalue weighted by Gasteiger charge is 2.17. The van der Waals surface area contributed by atoms with E-state index in [2.05, 4.69) is 15.6 Å². The van der Waals surface area contributed by atoms with Crippen LogP contribution in [0.25, 0.3) is 10.9 Å². The molecule has 0 aliphatic heterocycles. The van der Waals surface area contributed by atoms with Crippen LogP contribution in [0.4, 0.5) is 0 Å². The van der Waals surface area contributed by atoms with E-state index in [0.29, 0.717) is 15.3 Å².